The molecular formula is C10H10O3. The predicted octanol–water partition coefficient (Wildman–Crippen LogP) is 1.58. The Morgan fingerprint density at radius 2 is 2.23 bits per heavy atom. The van der Waals surface area contributed by atoms with E-state index in [1.54, 1.807) is 7.11 Å². The van der Waals surface area contributed by atoms with Crippen LogP contribution in [0.3, 0.4) is 0 Å². The molecule has 0 amide bonds. The normalized spacial score (nSPS) is 13.8. The summed E-state index contributed by atoms with van der Waals surface area (Å²) in [4.78, 5) is 11.3. The van der Waals surface area contributed by atoms with E-state index in [0.29, 0.717) is 17.1 Å². The zero-order valence-electron chi connectivity index (χ0n) is 7.59. The Bertz CT molecular complexity index is 369. The second-order valence-electron chi connectivity index (χ2n) is 3.06. The number of benzene rings is 1. The molecule has 0 aromatic heterocycles. The molecule has 2 rings (SSSR count). The van der Waals surface area contributed by atoms with Crippen molar-refractivity contribution in [2.24, 2.45) is 0 Å². The molecule has 1 aromatic rings. The fourth-order valence-corrected chi connectivity index (χ4v) is 1.46. The van der Waals surface area contributed by atoms with E-state index >= 15 is 0 Å². The number of methoxy groups -OCH3 is 1. The van der Waals surface area contributed by atoms with Crippen LogP contribution >= 0.6 is 0 Å². The molecule has 0 radical (unpaired) electrons. The molecule has 0 unspecified atom stereocenters. The molecule has 1 aromatic carbocycles. The molecule has 1 aliphatic rings. The number of hydrogen-bond acceptors (Lipinski definition) is 3. The van der Waals surface area contributed by atoms with Gasteiger partial charge in [-0.2, -0.15) is 0 Å². The van der Waals surface area contributed by atoms with Gasteiger partial charge in [-0.15, -0.1) is 0 Å². The maximum atomic E-state index is 11.3. The highest BCUT2D eigenvalue weighted by molar-refractivity contribution is 6.03. The van der Waals surface area contributed by atoms with Crippen LogP contribution in [0.4, 0.5) is 0 Å². The van der Waals surface area contributed by atoms with Crippen LogP contribution in [0.5, 0.6) is 11.5 Å². The Labute approximate surface area is 76.3 Å². The third-order valence-corrected chi connectivity index (χ3v) is 2.07. The first kappa shape index (κ1) is 8.10. The summed E-state index contributed by atoms with van der Waals surface area (Å²) in [5.41, 5.74) is 1.64. The first-order valence-electron chi connectivity index (χ1n) is 4.07. The molecule has 0 saturated carbocycles. The SMILES string of the molecule is COc1cc(C)cc2c1OCC2=O. The number of fused-ring (bicyclic) bond motifs is 1. The van der Waals surface area contributed by atoms with Gasteiger partial charge in [-0.1, -0.05) is 0 Å². The largest absolute Gasteiger partial charge is 0.493 e. The highest BCUT2D eigenvalue weighted by Gasteiger charge is 2.24. The molecular weight excluding hydrogens is 168 g/mol. The molecule has 0 atom stereocenters. The number of ether oxygens (including phenoxy) is 2. The van der Waals surface area contributed by atoms with Crippen molar-refractivity contribution in [3.05, 3.63) is 23.3 Å². The third-order valence-electron chi connectivity index (χ3n) is 2.07. The minimum Gasteiger partial charge on any atom is -0.493 e. The maximum absolute atomic E-state index is 11.3. The van der Waals surface area contributed by atoms with Crippen molar-refractivity contribution in [3.8, 4) is 11.5 Å². The molecule has 1 aliphatic heterocycles. The average molecular weight is 178 g/mol. The van der Waals surface area contributed by atoms with Crippen molar-refractivity contribution in [2.75, 3.05) is 13.7 Å². The first-order valence-corrected chi connectivity index (χ1v) is 4.07. The van der Waals surface area contributed by atoms with Crippen molar-refractivity contribution in [3.63, 3.8) is 0 Å². The van der Waals surface area contributed by atoms with Gasteiger partial charge in [-0.25, -0.2) is 0 Å². The first-order chi connectivity index (χ1) is 6.22. The van der Waals surface area contributed by atoms with Crippen LogP contribution in [0, 0.1) is 6.92 Å². The molecule has 68 valence electrons. The van der Waals surface area contributed by atoms with Crippen molar-refractivity contribution in [1.82, 2.24) is 0 Å². The maximum Gasteiger partial charge on any atom is 0.204 e. The van der Waals surface area contributed by atoms with E-state index < -0.39 is 0 Å². The van der Waals surface area contributed by atoms with Crippen LogP contribution in [0.25, 0.3) is 0 Å². The molecule has 0 fully saturated rings. The van der Waals surface area contributed by atoms with Crippen LogP contribution in [-0.2, 0) is 0 Å². The van der Waals surface area contributed by atoms with Crippen LogP contribution in [-0.4, -0.2) is 19.5 Å². The Morgan fingerprint density at radius 3 is 2.92 bits per heavy atom. The highest BCUT2D eigenvalue weighted by Crippen LogP contribution is 2.36. The molecule has 0 aliphatic carbocycles. The van der Waals surface area contributed by atoms with Gasteiger partial charge in [0.15, 0.2) is 18.1 Å². The monoisotopic (exact) mass is 178 g/mol. The summed E-state index contributed by atoms with van der Waals surface area (Å²) in [5.74, 6) is 1.25. The van der Waals surface area contributed by atoms with Crippen LogP contribution in [0.2, 0.25) is 0 Å². The van der Waals surface area contributed by atoms with E-state index in [0.717, 1.165) is 5.56 Å². The van der Waals surface area contributed by atoms with Gasteiger partial charge in [0.1, 0.15) is 0 Å². The number of Topliss-reactive ketones (excluding diaryl/α,β-unsaturated/α-hetero) is 1. The van der Waals surface area contributed by atoms with Crippen LogP contribution < -0.4 is 9.47 Å². The summed E-state index contributed by atoms with van der Waals surface area (Å²) in [6.45, 7) is 2.06. The van der Waals surface area contributed by atoms with Crippen LogP contribution in [0.15, 0.2) is 12.1 Å². The topological polar surface area (TPSA) is 35.5 Å². The van der Waals surface area contributed by atoms with Gasteiger partial charge in [0, 0.05) is 0 Å². The summed E-state index contributed by atoms with van der Waals surface area (Å²) in [6.07, 6.45) is 0. The van der Waals surface area contributed by atoms with Gasteiger partial charge in [0.25, 0.3) is 0 Å². The van der Waals surface area contributed by atoms with Gasteiger partial charge < -0.3 is 9.47 Å². The van der Waals surface area contributed by atoms with Gasteiger partial charge in [0.2, 0.25) is 5.78 Å². The minimum atomic E-state index is 0.0250. The Balaban J connectivity index is 2.63. The van der Waals surface area contributed by atoms with E-state index in [-0.39, 0.29) is 12.4 Å². The third kappa shape index (κ3) is 1.16. The summed E-state index contributed by atoms with van der Waals surface area (Å²) in [5, 5.41) is 0. The molecule has 0 spiro atoms. The van der Waals surface area contributed by atoms with E-state index in [2.05, 4.69) is 0 Å². The molecule has 0 saturated heterocycles. The second kappa shape index (κ2) is 2.76. The lowest BCUT2D eigenvalue weighted by molar-refractivity contribution is 0.0960. The summed E-state index contributed by atoms with van der Waals surface area (Å²) >= 11 is 0. The fourth-order valence-electron chi connectivity index (χ4n) is 1.46. The summed E-state index contributed by atoms with van der Waals surface area (Å²) < 4.78 is 10.3. The number of hydrogen-bond donors (Lipinski definition) is 0. The average Bonchev–Trinajstić information content (AvgIpc) is 2.47. The lowest BCUT2D eigenvalue weighted by atomic mass is 10.1. The molecule has 0 bridgehead atoms. The quantitative estimate of drug-likeness (QED) is 0.655. The van der Waals surface area contributed by atoms with Crippen molar-refractivity contribution in [1.29, 1.82) is 0 Å². The standard InChI is InChI=1S/C10H10O3/c1-6-3-7-8(11)5-13-10(7)9(4-6)12-2/h3-4H,5H2,1-2H3. The number of ketones is 1. The van der Waals surface area contributed by atoms with Crippen molar-refractivity contribution in [2.45, 2.75) is 6.92 Å². The van der Waals surface area contributed by atoms with E-state index in [1.807, 2.05) is 19.1 Å². The van der Waals surface area contributed by atoms with Gasteiger partial charge in [0.05, 0.1) is 12.7 Å². The number of rotatable bonds is 1. The van der Waals surface area contributed by atoms with Crippen LogP contribution in [0.1, 0.15) is 15.9 Å². The minimum absolute atomic E-state index is 0.0250. The van der Waals surface area contributed by atoms with Gasteiger partial charge in [-0.05, 0) is 24.6 Å². The molecule has 3 nitrogen and oxygen atoms in total. The zero-order chi connectivity index (χ0) is 9.42. The zero-order valence-corrected chi connectivity index (χ0v) is 7.59. The number of carbonyl (C=O) groups excluding carboxylic acids is 1. The Morgan fingerprint density at radius 1 is 1.46 bits per heavy atom. The number of aryl methyl sites for hydroxylation is 1. The van der Waals surface area contributed by atoms with E-state index in [4.69, 9.17) is 9.47 Å². The van der Waals surface area contributed by atoms with Crippen molar-refractivity contribution < 1.29 is 14.3 Å². The van der Waals surface area contributed by atoms with E-state index in [9.17, 15) is 4.79 Å². The summed E-state index contributed by atoms with van der Waals surface area (Å²) in [6, 6.07) is 3.69. The van der Waals surface area contributed by atoms with Gasteiger partial charge in [-0.3, -0.25) is 4.79 Å². The lowest BCUT2D eigenvalue weighted by Crippen LogP contribution is -1.98. The highest BCUT2D eigenvalue weighted by atomic mass is 16.5. The van der Waals surface area contributed by atoms with Gasteiger partial charge >= 0.3 is 0 Å². The molecule has 0 N–H and O–H groups in total. The predicted molar refractivity (Wildman–Crippen MR) is 47.6 cm³/mol. The number of carbonyl (C=O) groups is 1. The second-order valence-corrected chi connectivity index (χ2v) is 3.06. The fraction of sp³-hybridized carbons (Fsp3) is 0.300. The lowest BCUT2D eigenvalue weighted by Gasteiger charge is -2.06. The smallest absolute Gasteiger partial charge is 0.204 e. The molecule has 13 heavy (non-hydrogen) atoms. The molecule has 3 heteroatoms. The Kier molecular flexibility index (Phi) is 1.72. The van der Waals surface area contributed by atoms with Crippen molar-refractivity contribution >= 4 is 5.78 Å². The Hall–Kier alpha value is -1.51. The molecule has 1 heterocycles. The summed E-state index contributed by atoms with van der Waals surface area (Å²) in [7, 11) is 1.57. The van der Waals surface area contributed by atoms with E-state index in [1.165, 1.54) is 0 Å².